The van der Waals surface area contributed by atoms with Crippen LogP contribution < -0.4 is 5.32 Å². The minimum atomic E-state index is 0.0703. The van der Waals surface area contributed by atoms with E-state index in [4.69, 9.17) is 11.6 Å². The van der Waals surface area contributed by atoms with E-state index in [0.29, 0.717) is 35.2 Å². The Labute approximate surface area is 196 Å². The summed E-state index contributed by atoms with van der Waals surface area (Å²) in [5.74, 6) is 2.19. The van der Waals surface area contributed by atoms with Gasteiger partial charge in [-0.25, -0.2) is 0 Å². The number of fused-ring (bicyclic) bond motifs is 5. The molecule has 0 radical (unpaired) electrons. The van der Waals surface area contributed by atoms with Crippen LogP contribution in [0.2, 0.25) is 5.02 Å². The lowest BCUT2D eigenvalue weighted by Gasteiger charge is -2.60. The van der Waals surface area contributed by atoms with Crippen LogP contribution in [0, 0.1) is 28.6 Å². The number of benzene rings is 1. The molecule has 1 aromatic carbocycles. The molecule has 1 aromatic rings. The van der Waals surface area contributed by atoms with E-state index in [9.17, 15) is 9.59 Å². The van der Waals surface area contributed by atoms with Crippen molar-refractivity contribution in [3.8, 4) is 0 Å². The van der Waals surface area contributed by atoms with E-state index in [2.05, 4.69) is 25.2 Å². The van der Waals surface area contributed by atoms with E-state index < -0.39 is 0 Å². The molecule has 3 aliphatic carbocycles. The molecule has 2 amide bonds. The predicted octanol–water partition coefficient (Wildman–Crippen LogP) is 5.01. The zero-order valence-electron chi connectivity index (χ0n) is 19.4. The molecule has 5 heteroatoms. The van der Waals surface area contributed by atoms with Gasteiger partial charge in [-0.15, -0.1) is 0 Å². The molecule has 2 unspecified atom stereocenters. The van der Waals surface area contributed by atoms with Gasteiger partial charge in [-0.05, 0) is 85.5 Å². The second-order valence-corrected chi connectivity index (χ2v) is 11.6. The third kappa shape index (κ3) is 3.41. The Balaban J connectivity index is 1.31. The summed E-state index contributed by atoms with van der Waals surface area (Å²) in [5, 5.41) is 4.09. The molecule has 3 fully saturated rings. The maximum absolute atomic E-state index is 12.9. The standard InChI is InChI=1S/C27H35ClN2O2/c1-26-13-11-21-19(7-10-23-27(21,2)14-12-25(32)30(23)3)20(26)8-9-22(26)29-24(31)16-17-5-4-6-18(28)15-17/h4-6,12,14-15,19-23H,7-11,13,16H2,1-3H3,(H,29,31)/t19-,20-,21+,22?,23?,26-,27+/m0/s1. The highest BCUT2D eigenvalue weighted by atomic mass is 35.5. The fourth-order valence-electron chi connectivity index (χ4n) is 8.05. The van der Waals surface area contributed by atoms with Gasteiger partial charge in [0.05, 0.1) is 6.42 Å². The molecule has 4 aliphatic rings. The zero-order valence-corrected chi connectivity index (χ0v) is 20.2. The predicted molar refractivity (Wildman–Crippen MR) is 127 cm³/mol. The molecular weight excluding hydrogens is 420 g/mol. The number of amides is 2. The first-order valence-electron chi connectivity index (χ1n) is 12.2. The van der Waals surface area contributed by atoms with Crippen LogP contribution in [0.15, 0.2) is 36.4 Å². The lowest BCUT2D eigenvalue weighted by atomic mass is 9.48. The molecule has 1 N–H and O–H groups in total. The number of nitrogens with zero attached hydrogens (tertiary/aromatic N) is 1. The van der Waals surface area contributed by atoms with Crippen molar-refractivity contribution in [1.82, 2.24) is 10.2 Å². The molecule has 4 nitrogen and oxygen atoms in total. The number of halogens is 1. The number of carbonyl (C=O) groups excluding carboxylic acids is 2. The quantitative estimate of drug-likeness (QED) is 0.698. The summed E-state index contributed by atoms with van der Waals surface area (Å²) in [6, 6.07) is 8.16. The number of nitrogens with one attached hydrogen (secondary N) is 1. The molecule has 0 saturated heterocycles. The number of rotatable bonds is 3. The Bertz CT molecular complexity index is 961. The third-order valence-corrected chi connectivity index (χ3v) is 9.95. The fourth-order valence-corrected chi connectivity index (χ4v) is 8.27. The van der Waals surface area contributed by atoms with E-state index in [0.717, 1.165) is 24.8 Å². The molecule has 0 bridgehead atoms. The molecule has 5 rings (SSSR count). The Morgan fingerprint density at radius 3 is 2.75 bits per heavy atom. The Morgan fingerprint density at radius 1 is 1.16 bits per heavy atom. The normalized spacial score (nSPS) is 40.4. The first-order chi connectivity index (χ1) is 15.2. The number of carbonyl (C=O) groups is 2. The summed E-state index contributed by atoms with van der Waals surface area (Å²) in [6.07, 6.45) is 11.3. The summed E-state index contributed by atoms with van der Waals surface area (Å²) in [6.45, 7) is 4.81. The molecule has 0 aromatic heterocycles. The minimum absolute atomic E-state index is 0.0703. The van der Waals surface area contributed by atoms with E-state index in [-0.39, 0.29) is 28.7 Å². The molecular formula is C27H35ClN2O2. The number of hydrogen-bond acceptors (Lipinski definition) is 2. The highest BCUT2D eigenvalue weighted by Gasteiger charge is 2.60. The van der Waals surface area contributed by atoms with Crippen LogP contribution in [0.5, 0.6) is 0 Å². The lowest BCUT2D eigenvalue weighted by molar-refractivity contribution is -0.138. The Kier molecular flexibility index (Phi) is 5.43. The van der Waals surface area contributed by atoms with E-state index in [1.54, 1.807) is 6.08 Å². The monoisotopic (exact) mass is 454 g/mol. The maximum Gasteiger partial charge on any atom is 0.246 e. The number of likely N-dealkylation sites (N-methyl/N-ethyl adjacent to an activating group) is 1. The van der Waals surface area contributed by atoms with Crippen LogP contribution in [0.4, 0.5) is 0 Å². The molecule has 1 aliphatic heterocycles. The van der Waals surface area contributed by atoms with Gasteiger partial charge in [0.1, 0.15) is 0 Å². The van der Waals surface area contributed by atoms with Crippen LogP contribution in [-0.4, -0.2) is 35.8 Å². The van der Waals surface area contributed by atoms with Gasteiger partial charge in [0.25, 0.3) is 0 Å². The van der Waals surface area contributed by atoms with Crippen molar-refractivity contribution >= 4 is 23.4 Å². The average molecular weight is 455 g/mol. The van der Waals surface area contributed by atoms with Gasteiger partial charge in [-0.2, -0.15) is 0 Å². The summed E-state index contributed by atoms with van der Waals surface area (Å²) < 4.78 is 0. The Hall–Kier alpha value is -1.81. The fraction of sp³-hybridized carbons (Fsp3) is 0.630. The topological polar surface area (TPSA) is 49.4 Å². The molecule has 172 valence electrons. The molecule has 1 heterocycles. The van der Waals surface area contributed by atoms with Crippen molar-refractivity contribution in [2.75, 3.05) is 7.05 Å². The van der Waals surface area contributed by atoms with Crippen molar-refractivity contribution < 1.29 is 9.59 Å². The molecule has 0 spiro atoms. The molecule has 7 atom stereocenters. The SMILES string of the molecule is CN1C(=O)C=C[C@@]2(C)C1CC[C@@H]1[C@H]2CC[C@]2(C)C(NC(=O)Cc3cccc(Cl)c3)CC[C@@H]12. The van der Waals surface area contributed by atoms with Crippen LogP contribution in [0.3, 0.4) is 0 Å². The van der Waals surface area contributed by atoms with Gasteiger partial charge in [0.15, 0.2) is 0 Å². The van der Waals surface area contributed by atoms with Gasteiger partial charge >= 0.3 is 0 Å². The van der Waals surface area contributed by atoms with Gasteiger partial charge in [0, 0.05) is 29.6 Å². The first-order valence-corrected chi connectivity index (χ1v) is 12.6. The summed E-state index contributed by atoms with van der Waals surface area (Å²) in [5.41, 5.74) is 1.20. The van der Waals surface area contributed by atoms with Crippen molar-refractivity contribution in [3.05, 3.63) is 47.0 Å². The second-order valence-electron chi connectivity index (χ2n) is 11.2. The van der Waals surface area contributed by atoms with Gasteiger partial charge in [-0.3, -0.25) is 9.59 Å². The zero-order chi connectivity index (χ0) is 22.7. The van der Waals surface area contributed by atoms with E-state index in [1.807, 2.05) is 36.2 Å². The minimum Gasteiger partial charge on any atom is -0.353 e. The van der Waals surface area contributed by atoms with Crippen LogP contribution in [0.25, 0.3) is 0 Å². The summed E-state index contributed by atoms with van der Waals surface area (Å²) in [7, 11) is 1.98. The van der Waals surface area contributed by atoms with E-state index >= 15 is 0 Å². The summed E-state index contributed by atoms with van der Waals surface area (Å²) in [4.78, 5) is 27.1. The lowest BCUT2D eigenvalue weighted by Crippen LogP contribution is -2.60. The molecule has 32 heavy (non-hydrogen) atoms. The second kappa shape index (κ2) is 7.90. The van der Waals surface area contributed by atoms with E-state index in [1.165, 1.54) is 19.3 Å². The van der Waals surface area contributed by atoms with Gasteiger partial charge in [-0.1, -0.05) is 43.7 Å². The highest BCUT2D eigenvalue weighted by molar-refractivity contribution is 6.30. The molecule has 3 saturated carbocycles. The van der Waals surface area contributed by atoms with Gasteiger partial charge < -0.3 is 10.2 Å². The van der Waals surface area contributed by atoms with Crippen molar-refractivity contribution in [2.24, 2.45) is 28.6 Å². The highest BCUT2D eigenvalue weighted by Crippen LogP contribution is 2.63. The smallest absolute Gasteiger partial charge is 0.246 e. The Morgan fingerprint density at radius 2 is 1.97 bits per heavy atom. The van der Waals surface area contributed by atoms with Crippen LogP contribution in [0.1, 0.15) is 57.9 Å². The average Bonchev–Trinajstić information content (AvgIpc) is 3.07. The van der Waals surface area contributed by atoms with Crippen molar-refractivity contribution in [1.29, 1.82) is 0 Å². The van der Waals surface area contributed by atoms with Gasteiger partial charge in [0.2, 0.25) is 11.8 Å². The third-order valence-electron chi connectivity index (χ3n) is 9.72. The van der Waals surface area contributed by atoms with Crippen molar-refractivity contribution in [2.45, 2.75) is 70.9 Å². The maximum atomic E-state index is 12.9. The van der Waals surface area contributed by atoms with Crippen molar-refractivity contribution in [3.63, 3.8) is 0 Å². The largest absolute Gasteiger partial charge is 0.353 e. The number of hydrogen-bond donors (Lipinski definition) is 1. The van der Waals surface area contributed by atoms with Crippen LogP contribution >= 0.6 is 11.6 Å². The first kappa shape index (κ1) is 22.0. The summed E-state index contributed by atoms with van der Waals surface area (Å²) >= 11 is 6.10. The van der Waals surface area contributed by atoms with Crippen LogP contribution in [-0.2, 0) is 16.0 Å².